The van der Waals surface area contributed by atoms with Crippen molar-refractivity contribution in [2.75, 3.05) is 7.05 Å². The maximum absolute atomic E-state index is 3.56. The summed E-state index contributed by atoms with van der Waals surface area (Å²) in [5.41, 5.74) is 4.50. The van der Waals surface area contributed by atoms with Crippen LogP contribution in [0, 0.1) is 0 Å². The van der Waals surface area contributed by atoms with Gasteiger partial charge in [-0.1, -0.05) is 37.2 Å². The standard InChI is InChI=1S/C12H23NSi/c1-9-8-12(4,11(3)10(9)2)14(6,7)13-5/h8,13H,1-7H3. The zero-order valence-corrected chi connectivity index (χ0v) is 11.6. The SMILES string of the molecule is CN[Si](C)(C)C1(C)C=C(C)C(C)=C1C. The first kappa shape index (κ1) is 11.7. The Labute approximate surface area is 89.4 Å². The number of allylic oxidation sites excluding steroid dienone is 4. The van der Waals surface area contributed by atoms with Gasteiger partial charge in [-0.3, -0.25) is 0 Å². The van der Waals surface area contributed by atoms with E-state index in [1.54, 1.807) is 5.57 Å². The highest BCUT2D eigenvalue weighted by molar-refractivity contribution is 6.79. The molecule has 0 saturated carbocycles. The molecule has 0 saturated heterocycles. The average molecular weight is 209 g/mol. The Morgan fingerprint density at radius 2 is 1.71 bits per heavy atom. The van der Waals surface area contributed by atoms with E-state index in [4.69, 9.17) is 0 Å². The topological polar surface area (TPSA) is 12.0 Å². The maximum Gasteiger partial charge on any atom is 0.133 e. The molecule has 1 aliphatic rings. The maximum atomic E-state index is 3.56. The number of nitrogens with one attached hydrogen (secondary N) is 1. The van der Waals surface area contributed by atoms with E-state index in [1.165, 1.54) is 11.1 Å². The Hall–Kier alpha value is -0.343. The van der Waals surface area contributed by atoms with Gasteiger partial charge in [-0.15, -0.1) is 0 Å². The van der Waals surface area contributed by atoms with Crippen molar-refractivity contribution in [3.05, 3.63) is 22.8 Å². The molecule has 0 aliphatic heterocycles. The highest BCUT2D eigenvalue weighted by Gasteiger charge is 2.45. The van der Waals surface area contributed by atoms with Crippen molar-refractivity contribution in [1.82, 2.24) is 4.98 Å². The predicted octanol–water partition coefficient (Wildman–Crippen LogP) is 3.47. The molecule has 0 amide bonds. The molecule has 0 aromatic heterocycles. The highest BCUT2D eigenvalue weighted by Crippen LogP contribution is 2.51. The summed E-state index contributed by atoms with van der Waals surface area (Å²) in [6.07, 6.45) is 2.46. The fraction of sp³-hybridized carbons (Fsp3) is 0.667. The first-order valence-corrected chi connectivity index (χ1v) is 8.33. The lowest BCUT2D eigenvalue weighted by atomic mass is 10.0. The quantitative estimate of drug-likeness (QED) is 0.687. The van der Waals surface area contributed by atoms with Crippen LogP contribution >= 0.6 is 0 Å². The van der Waals surface area contributed by atoms with Crippen LogP contribution in [-0.4, -0.2) is 15.3 Å². The van der Waals surface area contributed by atoms with E-state index >= 15 is 0 Å². The van der Waals surface area contributed by atoms with Gasteiger partial charge in [0.1, 0.15) is 8.24 Å². The second-order valence-electron chi connectivity index (χ2n) is 5.15. The van der Waals surface area contributed by atoms with Gasteiger partial charge in [0.05, 0.1) is 0 Å². The van der Waals surface area contributed by atoms with Crippen LogP contribution in [0.25, 0.3) is 0 Å². The minimum absolute atomic E-state index is 0.288. The Morgan fingerprint density at radius 3 is 2.00 bits per heavy atom. The van der Waals surface area contributed by atoms with Crippen LogP contribution in [-0.2, 0) is 0 Å². The summed E-state index contributed by atoms with van der Waals surface area (Å²) in [6, 6.07) is 0. The van der Waals surface area contributed by atoms with Gasteiger partial charge in [0.25, 0.3) is 0 Å². The molecular weight excluding hydrogens is 186 g/mol. The van der Waals surface area contributed by atoms with Crippen LogP contribution in [0.2, 0.25) is 18.1 Å². The second kappa shape index (κ2) is 3.35. The van der Waals surface area contributed by atoms with E-state index in [-0.39, 0.29) is 5.04 Å². The lowest BCUT2D eigenvalue weighted by molar-refractivity contribution is 0.817. The van der Waals surface area contributed by atoms with Crippen LogP contribution in [0.5, 0.6) is 0 Å². The van der Waals surface area contributed by atoms with Gasteiger partial charge >= 0.3 is 0 Å². The third-order valence-electron chi connectivity index (χ3n) is 4.36. The summed E-state index contributed by atoms with van der Waals surface area (Å²) in [7, 11) is 0.699. The van der Waals surface area contributed by atoms with Crippen LogP contribution < -0.4 is 4.98 Å². The normalized spacial score (nSPS) is 28.4. The molecule has 0 heterocycles. The molecule has 0 spiro atoms. The van der Waals surface area contributed by atoms with Crippen molar-refractivity contribution in [1.29, 1.82) is 0 Å². The van der Waals surface area contributed by atoms with Gasteiger partial charge in [-0.25, -0.2) is 0 Å². The smallest absolute Gasteiger partial charge is 0.133 e. The predicted molar refractivity (Wildman–Crippen MR) is 67.0 cm³/mol. The fourth-order valence-corrected chi connectivity index (χ4v) is 4.47. The first-order valence-electron chi connectivity index (χ1n) is 5.33. The second-order valence-corrected chi connectivity index (χ2v) is 9.94. The molecule has 1 aliphatic carbocycles. The number of rotatable bonds is 2. The average Bonchev–Trinajstić information content (AvgIpc) is 2.32. The molecule has 0 bridgehead atoms. The van der Waals surface area contributed by atoms with E-state index in [9.17, 15) is 0 Å². The number of hydrogen-bond donors (Lipinski definition) is 1. The molecule has 1 atom stereocenters. The van der Waals surface area contributed by atoms with Crippen molar-refractivity contribution < 1.29 is 0 Å². The minimum atomic E-state index is -1.40. The highest BCUT2D eigenvalue weighted by atomic mass is 28.3. The summed E-state index contributed by atoms with van der Waals surface area (Å²) in [5.74, 6) is 0. The lowest BCUT2D eigenvalue weighted by Gasteiger charge is -2.39. The molecule has 80 valence electrons. The largest absolute Gasteiger partial charge is 0.339 e. The van der Waals surface area contributed by atoms with Crippen molar-refractivity contribution in [2.24, 2.45) is 0 Å². The van der Waals surface area contributed by atoms with E-state index < -0.39 is 8.24 Å². The van der Waals surface area contributed by atoms with E-state index in [0.29, 0.717) is 0 Å². The molecule has 0 aromatic rings. The van der Waals surface area contributed by atoms with Crippen LogP contribution in [0.1, 0.15) is 27.7 Å². The monoisotopic (exact) mass is 209 g/mol. The van der Waals surface area contributed by atoms with Gasteiger partial charge in [-0.05, 0) is 33.4 Å². The molecule has 0 fully saturated rings. The summed E-state index contributed by atoms with van der Waals surface area (Å²) in [5, 5.41) is 0.288. The molecule has 14 heavy (non-hydrogen) atoms. The minimum Gasteiger partial charge on any atom is -0.339 e. The Kier molecular flexibility index (Phi) is 2.81. The molecule has 1 N–H and O–H groups in total. The van der Waals surface area contributed by atoms with Crippen molar-refractivity contribution in [3.63, 3.8) is 0 Å². The Balaban J connectivity index is 3.24. The van der Waals surface area contributed by atoms with Crippen molar-refractivity contribution >= 4 is 8.24 Å². The molecule has 1 nitrogen and oxygen atoms in total. The van der Waals surface area contributed by atoms with Gasteiger partial charge < -0.3 is 4.98 Å². The number of hydrogen-bond acceptors (Lipinski definition) is 1. The molecule has 1 rings (SSSR count). The van der Waals surface area contributed by atoms with Crippen LogP contribution in [0.3, 0.4) is 0 Å². The Morgan fingerprint density at radius 1 is 1.21 bits per heavy atom. The summed E-state index contributed by atoms with van der Waals surface area (Å²) in [6.45, 7) is 13.9. The van der Waals surface area contributed by atoms with Crippen molar-refractivity contribution in [2.45, 2.75) is 45.8 Å². The van der Waals surface area contributed by atoms with Crippen LogP contribution in [0.4, 0.5) is 0 Å². The zero-order chi connectivity index (χ0) is 11.1. The van der Waals surface area contributed by atoms with Gasteiger partial charge in [0.2, 0.25) is 0 Å². The summed E-state index contributed by atoms with van der Waals surface area (Å²) < 4.78 is 0. The van der Waals surface area contributed by atoms with Crippen molar-refractivity contribution in [3.8, 4) is 0 Å². The van der Waals surface area contributed by atoms with Gasteiger partial charge in [0, 0.05) is 5.04 Å². The van der Waals surface area contributed by atoms with Crippen LogP contribution in [0.15, 0.2) is 22.8 Å². The molecule has 2 heteroatoms. The van der Waals surface area contributed by atoms with E-state index in [0.717, 1.165) is 0 Å². The Bertz CT molecular complexity index is 312. The lowest BCUT2D eigenvalue weighted by Crippen LogP contribution is -2.51. The van der Waals surface area contributed by atoms with Gasteiger partial charge in [0.15, 0.2) is 0 Å². The summed E-state index contributed by atoms with van der Waals surface area (Å²) in [4.78, 5) is 3.56. The first-order chi connectivity index (χ1) is 6.26. The van der Waals surface area contributed by atoms with E-state index in [1.807, 2.05) is 0 Å². The molecule has 1 unspecified atom stereocenters. The summed E-state index contributed by atoms with van der Waals surface area (Å²) >= 11 is 0. The third-order valence-corrected chi connectivity index (χ3v) is 8.73. The zero-order valence-electron chi connectivity index (χ0n) is 10.6. The third kappa shape index (κ3) is 1.41. The molecule has 0 aromatic carbocycles. The fourth-order valence-electron chi connectivity index (χ4n) is 2.24. The van der Waals surface area contributed by atoms with E-state index in [2.05, 4.69) is 58.9 Å². The molecule has 0 radical (unpaired) electrons. The molecular formula is C12H23NSi. The van der Waals surface area contributed by atoms with Gasteiger partial charge in [-0.2, -0.15) is 0 Å².